The minimum Gasteiger partial charge on any atom is -0.304 e. The molecule has 0 radical (unpaired) electrons. The molecule has 8 aromatic rings. The molecule has 3 nitrogen and oxygen atoms in total. The number of fused-ring (bicyclic) bond motifs is 8. The van der Waals surface area contributed by atoms with E-state index in [1.807, 2.05) is 11.3 Å². The zero-order valence-electron chi connectivity index (χ0n) is 22.1. The zero-order chi connectivity index (χ0) is 26.3. The highest BCUT2D eigenvalue weighted by Crippen LogP contribution is 2.44. The molecule has 0 aliphatic heterocycles. The molecule has 0 unspecified atom stereocenters. The number of imidazole rings is 2. The molecule has 0 amide bonds. The fourth-order valence-electron chi connectivity index (χ4n) is 6.12. The highest BCUT2D eigenvalue weighted by Gasteiger charge is 2.24. The Hall–Kier alpha value is -4.41. The SMILES string of the molecule is CC(C)(C)n1c2ccc(-c3cccc4c3sc3c(-c5ccccc5)cccc34)cc2n2c3ccccc3nc12. The minimum atomic E-state index is -0.106. The summed E-state index contributed by atoms with van der Waals surface area (Å²) in [7, 11) is 0. The number of para-hydroxylation sites is 2. The number of benzene rings is 5. The van der Waals surface area contributed by atoms with Gasteiger partial charge >= 0.3 is 0 Å². The van der Waals surface area contributed by atoms with E-state index in [1.165, 1.54) is 53.5 Å². The van der Waals surface area contributed by atoms with E-state index < -0.39 is 0 Å². The first-order chi connectivity index (χ1) is 19.0. The fraction of sp³-hybridized carbons (Fsp3) is 0.114. The van der Waals surface area contributed by atoms with Crippen LogP contribution in [0.25, 0.3) is 70.3 Å². The minimum absolute atomic E-state index is 0.106. The molecule has 0 N–H and O–H groups in total. The largest absolute Gasteiger partial charge is 0.304 e. The summed E-state index contributed by atoms with van der Waals surface area (Å²) in [5, 5.41) is 2.64. The summed E-state index contributed by atoms with van der Waals surface area (Å²) in [6.07, 6.45) is 0. The summed E-state index contributed by atoms with van der Waals surface area (Å²) >= 11 is 1.90. The lowest BCUT2D eigenvalue weighted by Crippen LogP contribution is -2.21. The van der Waals surface area contributed by atoms with Gasteiger partial charge in [0.2, 0.25) is 5.78 Å². The van der Waals surface area contributed by atoms with E-state index in [0.29, 0.717) is 0 Å². The van der Waals surface area contributed by atoms with Gasteiger partial charge in [-0.05, 0) is 67.3 Å². The quantitative estimate of drug-likeness (QED) is 0.222. The van der Waals surface area contributed by atoms with Crippen LogP contribution in [-0.4, -0.2) is 14.0 Å². The summed E-state index contributed by atoms with van der Waals surface area (Å²) in [5.41, 5.74) is 9.51. The molecular formula is C35H27N3S. The van der Waals surface area contributed by atoms with Crippen LogP contribution in [0.2, 0.25) is 0 Å². The lowest BCUT2D eigenvalue weighted by Gasteiger charge is -2.22. The average molecular weight is 522 g/mol. The van der Waals surface area contributed by atoms with Gasteiger partial charge < -0.3 is 4.57 Å². The summed E-state index contributed by atoms with van der Waals surface area (Å²) in [6, 6.07) is 39.5. The van der Waals surface area contributed by atoms with Gasteiger partial charge in [0.1, 0.15) is 0 Å². The number of hydrogen-bond donors (Lipinski definition) is 0. The Labute approximate surface area is 230 Å². The van der Waals surface area contributed by atoms with Crippen LogP contribution >= 0.6 is 11.3 Å². The number of thiophene rings is 1. The third kappa shape index (κ3) is 3.25. The molecule has 4 heteroatoms. The summed E-state index contributed by atoms with van der Waals surface area (Å²) in [5.74, 6) is 0.989. The monoisotopic (exact) mass is 521 g/mol. The highest BCUT2D eigenvalue weighted by atomic mass is 32.1. The molecule has 0 atom stereocenters. The first-order valence-corrected chi connectivity index (χ1v) is 14.2. The first-order valence-electron chi connectivity index (χ1n) is 13.4. The molecule has 8 rings (SSSR count). The van der Waals surface area contributed by atoms with Crippen LogP contribution in [0, 0.1) is 0 Å². The van der Waals surface area contributed by atoms with E-state index in [2.05, 4.69) is 139 Å². The Kier molecular flexibility index (Phi) is 4.65. The fourth-order valence-corrected chi connectivity index (χ4v) is 7.49. The molecule has 0 aliphatic rings. The molecule has 0 spiro atoms. The van der Waals surface area contributed by atoms with Crippen molar-refractivity contribution in [1.29, 1.82) is 0 Å². The Balaban J connectivity index is 1.42. The van der Waals surface area contributed by atoms with E-state index in [-0.39, 0.29) is 5.54 Å². The van der Waals surface area contributed by atoms with Crippen LogP contribution < -0.4 is 0 Å². The topological polar surface area (TPSA) is 22.2 Å². The Morgan fingerprint density at radius 2 is 1.26 bits per heavy atom. The maximum Gasteiger partial charge on any atom is 0.216 e. The summed E-state index contributed by atoms with van der Waals surface area (Å²) in [6.45, 7) is 6.76. The van der Waals surface area contributed by atoms with Gasteiger partial charge in [-0.15, -0.1) is 11.3 Å². The van der Waals surface area contributed by atoms with Crippen LogP contribution in [0.15, 0.2) is 109 Å². The maximum atomic E-state index is 5.07. The number of aromatic nitrogens is 3. The van der Waals surface area contributed by atoms with Gasteiger partial charge in [0, 0.05) is 25.7 Å². The molecule has 0 bridgehead atoms. The van der Waals surface area contributed by atoms with Crippen molar-refractivity contribution in [3.05, 3.63) is 109 Å². The second-order valence-electron chi connectivity index (χ2n) is 11.3. The predicted octanol–water partition coefficient (Wildman–Crippen LogP) is 9.90. The van der Waals surface area contributed by atoms with Crippen molar-refractivity contribution in [2.24, 2.45) is 0 Å². The van der Waals surface area contributed by atoms with Crippen molar-refractivity contribution in [3.63, 3.8) is 0 Å². The molecule has 5 aromatic carbocycles. The summed E-state index contributed by atoms with van der Waals surface area (Å²) < 4.78 is 7.38. The van der Waals surface area contributed by atoms with E-state index in [1.54, 1.807) is 0 Å². The number of hydrogen-bond acceptors (Lipinski definition) is 2. The summed E-state index contributed by atoms with van der Waals surface area (Å²) in [4.78, 5) is 5.07. The van der Waals surface area contributed by atoms with Crippen LogP contribution in [0.3, 0.4) is 0 Å². The molecule has 0 fully saturated rings. The van der Waals surface area contributed by atoms with E-state index in [4.69, 9.17) is 4.98 Å². The number of rotatable bonds is 2. The predicted molar refractivity (Wildman–Crippen MR) is 167 cm³/mol. The van der Waals surface area contributed by atoms with Crippen molar-refractivity contribution < 1.29 is 0 Å². The molecule has 3 aromatic heterocycles. The second kappa shape index (κ2) is 8.05. The Morgan fingerprint density at radius 3 is 1.97 bits per heavy atom. The molecule has 0 aliphatic carbocycles. The lowest BCUT2D eigenvalue weighted by molar-refractivity contribution is 0.419. The third-order valence-corrected chi connectivity index (χ3v) is 9.08. The van der Waals surface area contributed by atoms with Gasteiger partial charge in [0.15, 0.2) is 0 Å². The zero-order valence-corrected chi connectivity index (χ0v) is 23.0. The van der Waals surface area contributed by atoms with Gasteiger partial charge in [-0.1, -0.05) is 84.9 Å². The third-order valence-electron chi connectivity index (χ3n) is 7.79. The molecule has 3 heterocycles. The second-order valence-corrected chi connectivity index (χ2v) is 12.3. The molecule has 0 saturated carbocycles. The highest BCUT2D eigenvalue weighted by molar-refractivity contribution is 7.26. The Morgan fingerprint density at radius 1 is 0.590 bits per heavy atom. The molecule has 0 saturated heterocycles. The lowest BCUT2D eigenvalue weighted by atomic mass is 10.00. The number of nitrogens with zero attached hydrogens (tertiary/aromatic N) is 3. The van der Waals surface area contributed by atoms with Crippen LogP contribution in [0.1, 0.15) is 20.8 Å². The normalized spacial score (nSPS) is 12.5. The van der Waals surface area contributed by atoms with Crippen LogP contribution in [0.4, 0.5) is 0 Å². The van der Waals surface area contributed by atoms with Crippen molar-refractivity contribution >= 4 is 59.4 Å². The van der Waals surface area contributed by atoms with Gasteiger partial charge in [0.05, 0.1) is 22.1 Å². The maximum absolute atomic E-state index is 5.07. The van der Waals surface area contributed by atoms with Crippen molar-refractivity contribution in [2.75, 3.05) is 0 Å². The smallest absolute Gasteiger partial charge is 0.216 e. The van der Waals surface area contributed by atoms with Gasteiger partial charge in [-0.2, -0.15) is 0 Å². The van der Waals surface area contributed by atoms with Gasteiger partial charge in [-0.25, -0.2) is 4.98 Å². The van der Waals surface area contributed by atoms with Crippen LogP contribution in [-0.2, 0) is 5.54 Å². The average Bonchev–Trinajstić information content (AvgIpc) is 3.61. The van der Waals surface area contributed by atoms with E-state index >= 15 is 0 Å². The van der Waals surface area contributed by atoms with Crippen molar-refractivity contribution in [1.82, 2.24) is 14.0 Å². The molecule has 188 valence electrons. The Bertz CT molecular complexity index is 2200. The van der Waals surface area contributed by atoms with E-state index in [9.17, 15) is 0 Å². The standard InChI is InChI=1S/C35H27N3S/c1-35(2,3)38-30-20-19-23(21-31(30)37-29-18-8-7-17-28(29)36-34(37)38)25-14-10-16-27-26-15-9-13-24(32(26)39-33(25)27)22-11-5-4-6-12-22/h4-21H,1-3H3. The van der Waals surface area contributed by atoms with Gasteiger partial charge in [-0.3, -0.25) is 4.40 Å². The van der Waals surface area contributed by atoms with Gasteiger partial charge in [0.25, 0.3) is 0 Å². The van der Waals surface area contributed by atoms with Crippen molar-refractivity contribution in [3.8, 4) is 22.3 Å². The molecular weight excluding hydrogens is 494 g/mol. The van der Waals surface area contributed by atoms with Crippen LogP contribution in [0.5, 0.6) is 0 Å². The van der Waals surface area contributed by atoms with E-state index in [0.717, 1.165) is 16.8 Å². The first kappa shape index (κ1) is 22.6. The molecule has 39 heavy (non-hydrogen) atoms. The van der Waals surface area contributed by atoms with Crippen molar-refractivity contribution in [2.45, 2.75) is 26.3 Å².